The average molecular weight is 302 g/mol. The van der Waals surface area contributed by atoms with Gasteiger partial charge in [-0.05, 0) is 30.5 Å². The van der Waals surface area contributed by atoms with Crippen LogP contribution in [0.2, 0.25) is 0 Å². The third kappa shape index (κ3) is 4.10. The number of rotatable bonds is 6. The maximum absolute atomic E-state index is 11.9. The number of ether oxygens (including phenoxy) is 1. The second kappa shape index (κ2) is 7.64. The summed E-state index contributed by atoms with van der Waals surface area (Å²) in [6, 6.07) is 8.24. The summed E-state index contributed by atoms with van der Waals surface area (Å²) in [5, 5.41) is 1.49. The van der Waals surface area contributed by atoms with Crippen LogP contribution in [0.15, 0.2) is 30.3 Å². The molecule has 0 radical (unpaired) electrons. The molecule has 1 aromatic rings. The number of hydrazine groups is 1. The van der Waals surface area contributed by atoms with E-state index in [-0.39, 0.29) is 18.3 Å². The van der Waals surface area contributed by atoms with Crippen LogP contribution in [0.3, 0.4) is 0 Å². The van der Waals surface area contributed by atoms with Crippen molar-refractivity contribution in [3.63, 3.8) is 0 Å². The van der Waals surface area contributed by atoms with Gasteiger partial charge in [0.15, 0.2) is 0 Å². The first-order chi connectivity index (χ1) is 10.6. The van der Waals surface area contributed by atoms with Crippen molar-refractivity contribution in [3.05, 3.63) is 41.5 Å². The molecule has 0 unspecified atom stereocenters. The molecule has 1 N–H and O–H groups in total. The summed E-state index contributed by atoms with van der Waals surface area (Å²) in [4.78, 5) is 23.3. The minimum absolute atomic E-state index is 0.0433. The van der Waals surface area contributed by atoms with Crippen molar-refractivity contribution in [2.75, 3.05) is 13.2 Å². The molecule has 0 fully saturated rings. The number of carbonyl (C=O) groups excluding carboxylic acids is 2. The summed E-state index contributed by atoms with van der Waals surface area (Å²) < 4.78 is 4.89. The van der Waals surface area contributed by atoms with Gasteiger partial charge in [0.25, 0.3) is 0 Å². The Kier molecular flexibility index (Phi) is 5.58. The number of hydrogen-bond acceptors (Lipinski definition) is 4. The topological polar surface area (TPSA) is 58.6 Å². The first-order valence-corrected chi connectivity index (χ1v) is 7.66. The molecule has 0 aliphatic carbocycles. The molecule has 118 valence electrons. The van der Waals surface area contributed by atoms with Gasteiger partial charge >= 0.3 is 5.97 Å². The van der Waals surface area contributed by atoms with Crippen LogP contribution in [0.25, 0.3) is 5.70 Å². The van der Waals surface area contributed by atoms with E-state index >= 15 is 0 Å². The Balaban J connectivity index is 1.99. The molecule has 0 spiro atoms. The normalized spacial score (nSPS) is 14.4. The third-order valence-electron chi connectivity index (χ3n) is 3.56. The lowest BCUT2D eigenvalue weighted by Gasteiger charge is -2.29. The van der Waals surface area contributed by atoms with Gasteiger partial charge in [0, 0.05) is 6.42 Å². The Bertz CT molecular complexity index is 564. The van der Waals surface area contributed by atoms with Crippen LogP contribution < -0.4 is 5.43 Å². The minimum atomic E-state index is -0.291. The average Bonchev–Trinajstić information content (AvgIpc) is 2.54. The molecular weight excluding hydrogens is 280 g/mol. The van der Waals surface area contributed by atoms with Crippen molar-refractivity contribution in [1.29, 1.82) is 0 Å². The number of benzene rings is 1. The molecular formula is C17H22N2O3. The summed E-state index contributed by atoms with van der Waals surface area (Å²) >= 11 is 0. The standard InChI is InChI=1S/C17H22N2O3/c1-3-13-5-7-14(8-6-13)15-9-10-16(20)19(18-15)12-11-17(21)22-4-2/h5-9,18H,3-4,10-12H2,1-2H3. The summed E-state index contributed by atoms with van der Waals surface area (Å²) in [7, 11) is 0. The molecule has 5 heteroatoms. The molecule has 22 heavy (non-hydrogen) atoms. The summed E-state index contributed by atoms with van der Waals surface area (Å²) in [5.74, 6) is -0.335. The van der Waals surface area contributed by atoms with Crippen molar-refractivity contribution in [1.82, 2.24) is 10.4 Å². The van der Waals surface area contributed by atoms with E-state index in [9.17, 15) is 9.59 Å². The van der Waals surface area contributed by atoms with Gasteiger partial charge in [0.2, 0.25) is 5.91 Å². The quantitative estimate of drug-likeness (QED) is 0.819. The zero-order valence-corrected chi connectivity index (χ0v) is 13.1. The van der Waals surface area contributed by atoms with Gasteiger partial charge in [-0.15, -0.1) is 0 Å². The first kappa shape index (κ1) is 16.1. The lowest BCUT2D eigenvalue weighted by Crippen LogP contribution is -2.45. The number of esters is 1. The molecule has 0 bridgehead atoms. The zero-order valence-electron chi connectivity index (χ0n) is 13.1. The van der Waals surface area contributed by atoms with Crippen LogP contribution in [-0.2, 0) is 20.7 Å². The summed E-state index contributed by atoms with van der Waals surface area (Å²) in [6.07, 6.45) is 3.40. The van der Waals surface area contributed by atoms with E-state index in [4.69, 9.17) is 4.74 Å². The molecule has 1 heterocycles. The van der Waals surface area contributed by atoms with Gasteiger partial charge in [-0.1, -0.05) is 31.2 Å². The van der Waals surface area contributed by atoms with Crippen LogP contribution >= 0.6 is 0 Å². The van der Waals surface area contributed by atoms with Gasteiger partial charge in [-0.2, -0.15) is 0 Å². The van der Waals surface area contributed by atoms with Gasteiger partial charge in [-0.3, -0.25) is 20.0 Å². The SMILES string of the molecule is CCOC(=O)CCN1NC(c2ccc(CC)cc2)=CCC1=O. The Morgan fingerprint density at radius 2 is 2.00 bits per heavy atom. The molecule has 0 aromatic heterocycles. The maximum atomic E-state index is 11.9. The van der Waals surface area contributed by atoms with Crippen LogP contribution in [0.4, 0.5) is 0 Å². The second-order valence-corrected chi connectivity index (χ2v) is 5.08. The van der Waals surface area contributed by atoms with Crippen molar-refractivity contribution in [3.8, 4) is 0 Å². The Morgan fingerprint density at radius 1 is 1.27 bits per heavy atom. The Morgan fingerprint density at radius 3 is 2.64 bits per heavy atom. The van der Waals surface area contributed by atoms with E-state index < -0.39 is 0 Å². The number of nitrogens with zero attached hydrogens (tertiary/aromatic N) is 1. The van der Waals surface area contributed by atoms with E-state index in [1.54, 1.807) is 6.92 Å². The van der Waals surface area contributed by atoms with E-state index in [0.29, 0.717) is 19.6 Å². The molecule has 1 aromatic carbocycles. The summed E-state index contributed by atoms with van der Waals surface area (Å²) in [6.45, 7) is 4.54. The molecule has 5 nitrogen and oxygen atoms in total. The molecule has 0 atom stereocenters. The zero-order chi connectivity index (χ0) is 15.9. The smallest absolute Gasteiger partial charge is 0.307 e. The van der Waals surface area contributed by atoms with Crippen molar-refractivity contribution >= 4 is 17.6 Å². The highest BCUT2D eigenvalue weighted by molar-refractivity contribution is 5.84. The maximum Gasteiger partial charge on any atom is 0.307 e. The van der Waals surface area contributed by atoms with Crippen LogP contribution in [0, 0.1) is 0 Å². The predicted octanol–water partition coefficient (Wildman–Crippen LogP) is 2.28. The largest absolute Gasteiger partial charge is 0.466 e. The van der Waals surface area contributed by atoms with Crippen LogP contribution in [-0.4, -0.2) is 30.0 Å². The van der Waals surface area contributed by atoms with Crippen LogP contribution in [0.1, 0.15) is 37.8 Å². The molecule has 1 aliphatic heterocycles. The van der Waals surface area contributed by atoms with Crippen molar-refractivity contribution in [2.24, 2.45) is 0 Å². The predicted molar refractivity (Wildman–Crippen MR) is 84.5 cm³/mol. The van der Waals surface area contributed by atoms with Crippen molar-refractivity contribution < 1.29 is 14.3 Å². The fourth-order valence-electron chi connectivity index (χ4n) is 2.27. The number of carbonyl (C=O) groups is 2. The van der Waals surface area contributed by atoms with E-state index in [1.807, 2.05) is 18.2 Å². The highest BCUT2D eigenvalue weighted by Crippen LogP contribution is 2.18. The van der Waals surface area contributed by atoms with Gasteiger partial charge in [-0.25, -0.2) is 0 Å². The fourth-order valence-corrected chi connectivity index (χ4v) is 2.27. The molecule has 1 aliphatic rings. The number of nitrogens with one attached hydrogen (secondary N) is 1. The van der Waals surface area contributed by atoms with Crippen LogP contribution in [0.5, 0.6) is 0 Å². The van der Waals surface area contributed by atoms with E-state index in [2.05, 4.69) is 24.5 Å². The Labute approximate surface area is 130 Å². The number of aryl methyl sites for hydroxylation is 1. The highest BCUT2D eigenvalue weighted by Gasteiger charge is 2.20. The fraction of sp³-hybridized carbons (Fsp3) is 0.412. The monoisotopic (exact) mass is 302 g/mol. The van der Waals surface area contributed by atoms with Gasteiger partial charge in [0.1, 0.15) is 0 Å². The van der Waals surface area contributed by atoms with Crippen molar-refractivity contribution in [2.45, 2.75) is 33.1 Å². The number of amides is 1. The minimum Gasteiger partial charge on any atom is -0.466 e. The third-order valence-corrected chi connectivity index (χ3v) is 3.56. The lowest BCUT2D eigenvalue weighted by atomic mass is 10.1. The molecule has 0 saturated heterocycles. The van der Waals surface area contributed by atoms with Gasteiger partial charge in [0.05, 0.1) is 25.3 Å². The molecule has 1 amide bonds. The molecule has 0 saturated carbocycles. The number of hydrogen-bond donors (Lipinski definition) is 1. The second-order valence-electron chi connectivity index (χ2n) is 5.08. The Hall–Kier alpha value is -2.30. The van der Waals surface area contributed by atoms with E-state index in [0.717, 1.165) is 17.7 Å². The summed E-state index contributed by atoms with van der Waals surface area (Å²) in [5.41, 5.74) is 6.29. The lowest BCUT2D eigenvalue weighted by molar-refractivity contribution is -0.144. The molecule has 2 rings (SSSR count). The first-order valence-electron chi connectivity index (χ1n) is 7.66. The highest BCUT2D eigenvalue weighted by atomic mass is 16.5. The van der Waals surface area contributed by atoms with E-state index in [1.165, 1.54) is 10.6 Å². The van der Waals surface area contributed by atoms with Gasteiger partial charge < -0.3 is 4.74 Å².